The van der Waals surface area contributed by atoms with E-state index in [1.807, 2.05) is 24.3 Å². The minimum absolute atomic E-state index is 0.253. The first-order valence-corrected chi connectivity index (χ1v) is 11.1. The molecule has 0 atom stereocenters. The molecule has 154 valence electrons. The molecule has 0 fully saturated rings. The van der Waals surface area contributed by atoms with Crippen molar-refractivity contribution in [1.29, 1.82) is 0 Å². The maximum atomic E-state index is 12.9. The van der Waals surface area contributed by atoms with Crippen LogP contribution in [-0.2, 0) is 0 Å². The minimum atomic E-state index is -0.296. The lowest BCUT2D eigenvalue weighted by Crippen LogP contribution is -2.08. The number of benzene rings is 1. The largest absolute Gasteiger partial charge is 0.285 e. The van der Waals surface area contributed by atoms with Gasteiger partial charge in [0.2, 0.25) is 11.6 Å². The quantitative estimate of drug-likeness (QED) is 0.166. The van der Waals surface area contributed by atoms with Gasteiger partial charge in [-0.15, -0.1) is 0 Å². The molecule has 6 nitrogen and oxygen atoms in total. The Kier molecular flexibility index (Phi) is 5.32. The summed E-state index contributed by atoms with van der Waals surface area (Å²) in [5.74, 6) is -0.591. The van der Waals surface area contributed by atoms with Gasteiger partial charge in [-0.1, -0.05) is 36.4 Å². The molecule has 0 N–H and O–H groups in total. The number of pyridine rings is 4. The molecule has 0 bridgehead atoms. The molecular formula is C24H12Br2N4O2. The second-order valence-corrected chi connectivity index (χ2v) is 8.58. The van der Waals surface area contributed by atoms with Crippen LogP contribution < -0.4 is 0 Å². The zero-order chi connectivity index (χ0) is 22.2. The molecule has 0 spiro atoms. The number of carbonyl (C=O) groups excluding carboxylic acids is 2. The van der Waals surface area contributed by atoms with Gasteiger partial charge in [-0.3, -0.25) is 9.59 Å². The van der Waals surface area contributed by atoms with Gasteiger partial charge >= 0.3 is 0 Å². The van der Waals surface area contributed by atoms with Crippen LogP contribution in [0.1, 0.15) is 32.4 Å². The van der Waals surface area contributed by atoms with Gasteiger partial charge in [0.25, 0.3) is 0 Å². The molecule has 0 saturated heterocycles. The predicted molar refractivity (Wildman–Crippen MR) is 128 cm³/mol. The molecular weight excluding hydrogens is 536 g/mol. The predicted octanol–water partition coefficient (Wildman–Crippen LogP) is 5.56. The van der Waals surface area contributed by atoms with E-state index in [9.17, 15) is 9.59 Å². The Bertz CT molecular complexity index is 1440. The zero-order valence-electron chi connectivity index (χ0n) is 16.3. The monoisotopic (exact) mass is 546 g/mol. The van der Waals surface area contributed by atoms with E-state index in [-0.39, 0.29) is 34.3 Å². The summed E-state index contributed by atoms with van der Waals surface area (Å²) < 4.78 is 1.14. The van der Waals surface area contributed by atoms with Crippen molar-refractivity contribution >= 4 is 65.2 Å². The summed E-state index contributed by atoms with van der Waals surface area (Å²) in [5, 5.41) is 1.63. The Balaban J connectivity index is 1.64. The summed E-state index contributed by atoms with van der Waals surface area (Å²) in [6.07, 6.45) is 0. The third-order valence-corrected chi connectivity index (χ3v) is 5.76. The molecule has 0 aliphatic carbocycles. The molecule has 1 aromatic carbocycles. The van der Waals surface area contributed by atoms with Crippen molar-refractivity contribution in [3.8, 4) is 0 Å². The summed E-state index contributed by atoms with van der Waals surface area (Å²) in [4.78, 5) is 43.5. The van der Waals surface area contributed by atoms with Crippen LogP contribution in [0.2, 0.25) is 0 Å². The van der Waals surface area contributed by atoms with Crippen LogP contribution in [0.3, 0.4) is 0 Å². The van der Waals surface area contributed by atoms with Crippen LogP contribution in [0.4, 0.5) is 0 Å². The highest BCUT2D eigenvalue weighted by atomic mass is 79.9. The fourth-order valence-corrected chi connectivity index (χ4v) is 4.04. The van der Waals surface area contributed by atoms with Crippen molar-refractivity contribution in [3.05, 3.63) is 105 Å². The lowest BCUT2D eigenvalue weighted by atomic mass is 10.1. The lowest BCUT2D eigenvalue weighted by Gasteiger charge is -2.07. The van der Waals surface area contributed by atoms with Gasteiger partial charge in [-0.05, 0) is 68.3 Å². The van der Waals surface area contributed by atoms with Crippen LogP contribution in [0, 0.1) is 0 Å². The van der Waals surface area contributed by atoms with E-state index in [2.05, 4.69) is 51.8 Å². The van der Waals surface area contributed by atoms with Gasteiger partial charge in [-0.2, -0.15) is 0 Å². The third kappa shape index (κ3) is 3.83. The topological polar surface area (TPSA) is 85.7 Å². The molecule has 4 heterocycles. The Morgan fingerprint density at radius 1 is 0.500 bits per heavy atom. The van der Waals surface area contributed by atoms with Crippen molar-refractivity contribution in [2.45, 2.75) is 0 Å². The number of fused-ring (bicyclic) bond motifs is 3. The SMILES string of the molecule is O=C(c1cccc(Br)n1)c1ccc2ccc3ccc(C(=O)c4cccc(Br)n4)nc3c2n1. The van der Waals surface area contributed by atoms with E-state index in [1.54, 1.807) is 48.5 Å². The van der Waals surface area contributed by atoms with Crippen molar-refractivity contribution in [2.75, 3.05) is 0 Å². The van der Waals surface area contributed by atoms with Crippen molar-refractivity contribution < 1.29 is 9.59 Å². The van der Waals surface area contributed by atoms with E-state index in [1.165, 1.54) is 0 Å². The number of rotatable bonds is 4. The average Bonchev–Trinajstić information content (AvgIpc) is 2.82. The molecule has 5 rings (SSSR count). The van der Waals surface area contributed by atoms with Gasteiger partial charge in [0.05, 0.1) is 11.0 Å². The number of hydrogen-bond donors (Lipinski definition) is 0. The number of carbonyl (C=O) groups is 2. The fourth-order valence-electron chi connectivity index (χ4n) is 3.35. The summed E-state index contributed by atoms with van der Waals surface area (Å²) in [6, 6.07) is 21.1. The van der Waals surface area contributed by atoms with Crippen LogP contribution >= 0.6 is 31.9 Å². The van der Waals surface area contributed by atoms with Crippen molar-refractivity contribution in [2.24, 2.45) is 0 Å². The lowest BCUT2D eigenvalue weighted by molar-refractivity contribution is 0.102. The van der Waals surface area contributed by atoms with E-state index < -0.39 is 0 Å². The van der Waals surface area contributed by atoms with E-state index >= 15 is 0 Å². The minimum Gasteiger partial charge on any atom is -0.285 e. The molecule has 0 saturated carbocycles. The van der Waals surface area contributed by atoms with E-state index in [0.29, 0.717) is 20.2 Å². The standard InChI is InChI=1S/C24H12Br2N4O2/c25-19-5-1-3-15(27-19)23(31)17-11-9-13-7-8-14-10-12-18(30-22(14)21(13)29-17)24(32)16-4-2-6-20(26)28-16/h1-12H. The molecule has 5 aromatic rings. The zero-order valence-corrected chi connectivity index (χ0v) is 19.5. The van der Waals surface area contributed by atoms with Gasteiger partial charge in [0.15, 0.2) is 0 Å². The van der Waals surface area contributed by atoms with Gasteiger partial charge in [0.1, 0.15) is 32.0 Å². The summed E-state index contributed by atoms with van der Waals surface area (Å²) in [7, 11) is 0. The van der Waals surface area contributed by atoms with Gasteiger partial charge in [0, 0.05) is 10.8 Å². The van der Waals surface area contributed by atoms with Crippen LogP contribution in [0.25, 0.3) is 21.8 Å². The number of halogens is 2. The molecule has 0 aliphatic rings. The Morgan fingerprint density at radius 3 is 1.28 bits per heavy atom. The number of aromatic nitrogens is 4. The van der Waals surface area contributed by atoms with Crippen LogP contribution in [0.15, 0.2) is 82.0 Å². The highest BCUT2D eigenvalue weighted by Crippen LogP contribution is 2.24. The first-order valence-electron chi connectivity index (χ1n) is 9.55. The Hall–Kier alpha value is -3.36. The second kappa shape index (κ2) is 8.29. The summed E-state index contributed by atoms with van der Waals surface area (Å²) in [6.45, 7) is 0. The third-order valence-electron chi connectivity index (χ3n) is 4.88. The highest BCUT2D eigenvalue weighted by molar-refractivity contribution is 9.10. The molecule has 32 heavy (non-hydrogen) atoms. The Morgan fingerprint density at radius 2 is 0.875 bits per heavy atom. The molecule has 0 amide bonds. The van der Waals surface area contributed by atoms with Gasteiger partial charge < -0.3 is 0 Å². The van der Waals surface area contributed by atoms with Crippen LogP contribution in [0.5, 0.6) is 0 Å². The molecule has 0 radical (unpaired) electrons. The van der Waals surface area contributed by atoms with Crippen LogP contribution in [-0.4, -0.2) is 31.5 Å². The van der Waals surface area contributed by atoms with Gasteiger partial charge in [-0.25, -0.2) is 19.9 Å². The van der Waals surface area contributed by atoms with E-state index in [4.69, 9.17) is 0 Å². The Labute approximate surface area is 199 Å². The van der Waals surface area contributed by atoms with E-state index in [0.717, 1.165) is 10.8 Å². The normalized spacial score (nSPS) is 11.1. The number of hydrogen-bond acceptors (Lipinski definition) is 6. The molecule has 4 aromatic heterocycles. The summed E-state index contributed by atoms with van der Waals surface area (Å²) in [5.41, 5.74) is 2.16. The fraction of sp³-hybridized carbons (Fsp3) is 0. The van der Waals surface area contributed by atoms with Crippen molar-refractivity contribution in [1.82, 2.24) is 19.9 Å². The molecule has 0 aliphatic heterocycles. The first-order chi connectivity index (χ1) is 15.5. The molecule has 8 heteroatoms. The summed E-state index contributed by atoms with van der Waals surface area (Å²) >= 11 is 6.57. The first kappa shape index (κ1) is 20.5. The van der Waals surface area contributed by atoms with Crippen molar-refractivity contribution in [3.63, 3.8) is 0 Å². The number of ketones is 2. The molecule has 0 unspecified atom stereocenters. The smallest absolute Gasteiger partial charge is 0.229 e. The maximum Gasteiger partial charge on any atom is 0.229 e. The average molecular weight is 548 g/mol. The number of nitrogens with zero attached hydrogens (tertiary/aromatic N) is 4. The second-order valence-electron chi connectivity index (χ2n) is 6.95. The maximum absolute atomic E-state index is 12.9. The highest BCUT2D eigenvalue weighted by Gasteiger charge is 2.17.